The van der Waals surface area contributed by atoms with E-state index in [2.05, 4.69) is 17.6 Å². The van der Waals surface area contributed by atoms with Crippen molar-refractivity contribution in [2.45, 2.75) is 65.5 Å². The molecule has 2 atom stereocenters. The number of carbonyl (C=O) groups is 3. The highest BCUT2D eigenvalue weighted by Gasteiger charge is 2.34. The molecular weight excluding hydrogens is 745 g/mol. The van der Waals surface area contributed by atoms with Crippen LogP contribution in [0.5, 0.6) is 17.2 Å². The van der Waals surface area contributed by atoms with Gasteiger partial charge < -0.3 is 28.8 Å². The summed E-state index contributed by atoms with van der Waals surface area (Å²) in [4.78, 5) is 45.0. The van der Waals surface area contributed by atoms with Crippen LogP contribution >= 0.6 is 7.60 Å². The van der Waals surface area contributed by atoms with Gasteiger partial charge in [0.2, 0.25) is 12.3 Å². The summed E-state index contributed by atoms with van der Waals surface area (Å²) in [5.41, 5.74) is 1.36. The summed E-state index contributed by atoms with van der Waals surface area (Å²) in [5, 5.41) is 6.95. The molecule has 0 saturated heterocycles. The molecule has 0 radical (unpaired) electrons. The molecule has 300 valence electrons. The first-order chi connectivity index (χ1) is 27.8. The number of hydrogen-bond donors (Lipinski definition) is 2. The molecule has 57 heavy (non-hydrogen) atoms. The lowest BCUT2D eigenvalue weighted by atomic mass is 9.90. The highest BCUT2D eigenvalue weighted by atomic mass is 31.2. The van der Waals surface area contributed by atoms with Crippen LogP contribution in [-0.2, 0) is 25.6 Å². The molecule has 0 aliphatic carbocycles. The Bertz CT molecular complexity index is 2020. The van der Waals surface area contributed by atoms with Gasteiger partial charge in [-0.05, 0) is 79.9 Å². The van der Waals surface area contributed by atoms with Crippen LogP contribution in [0.3, 0.4) is 0 Å². The minimum absolute atomic E-state index is 0.0146. The summed E-state index contributed by atoms with van der Waals surface area (Å²) < 4.78 is 38.6. The van der Waals surface area contributed by atoms with Crippen molar-refractivity contribution in [3.63, 3.8) is 0 Å². The molecule has 5 aromatic rings. The van der Waals surface area contributed by atoms with Crippen LogP contribution < -0.4 is 29.7 Å². The van der Waals surface area contributed by atoms with E-state index in [0.717, 1.165) is 24.8 Å². The molecule has 12 nitrogen and oxygen atoms in total. The van der Waals surface area contributed by atoms with Crippen molar-refractivity contribution in [2.75, 3.05) is 13.3 Å². The highest BCUT2D eigenvalue weighted by molar-refractivity contribution is 7.63. The maximum atomic E-state index is 14.7. The fraction of sp³-hybridized carbons (Fsp3) is 0.295. The molecular formula is C44H50N3O9P. The lowest BCUT2D eigenvalue weighted by Gasteiger charge is -2.32. The Morgan fingerprint density at radius 1 is 0.789 bits per heavy atom. The zero-order valence-electron chi connectivity index (χ0n) is 32.5. The van der Waals surface area contributed by atoms with Crippen molar-refractivity contribution in [1.82, 2.24) is 15.7 Å². The summed E-state index contributed by atoms with van der Waals surface area (Å²) in [6, 6.07) is 34.5. The average Bonchev–Trinajstić information content (AvgIpc) is 3.74. The Morgan fingerprint density at radius 2 is 1.44 bits per heavy atom. The summed E-state index contributed by atoms with van der Waals surface area (Å²) >= 11 is 0. The van der Waals surface area contributed by atoms with Crippen molar-refractivity contribution in [2.24, 2.45) is 5.92 Å². The van der Waals surface area contributed by atoms with E-state index in [1.165, 1.54) is 11.1 Å². The second kappa shape index (κ2) is 21.5. The SMILES string of the molecule is CCCCC[C@@H](C(=O)NCNC(=O)c1ccc(-c2cc(OCC)cc(P(=O)(Oc3ccccc3)Oc3ccccc3)c2)o1)[C@@H](CC)N(C=O)OCc1ccccc1. The number of hydroxylamine groups is 2. The number of benzene rings is 4. The number of unbranched alkanes of at least 4 members (excludes halogenated alkanes) is 2. The number of nitrogens with one attached hydrogen (secondary N) is 2. The standard InChI is InChI=1S/C44H50N3O9P/c1-4-7-11-24-39(40(5-2)47(32-48)53-30-33-18-12-8-13-19-33)43(49)45-31-46-44(50)42-26-25-41(54-42)34-27-37(52-6-3)29-38(28-34)57(51,55-35-20-14-9-15-21-35)56-36-22-16-10-17-23-36/h8-10,12-23,25-29,32,39-40H,4-7,11,24,30-31H2,1-3H3,(H,45,49)(H,46,50)/t39-,40-/m1/s1. The third kappa shape index (κ3) is 12.1. The first-order valence-electron chi connectivity index (χ1n) is 19.2. The minimum atomic E-state index is -4.08. The molecule has 0 bridgehead atoms. The third-order valence-electron chi connectivity index (χ3n) is 9.07. The van der Waals surface area contributed by atoms with Gasteiger partial charge in [0.1, 0.15) is 29.6 Å². The molecule has 1 heterocycles. The van der Waals surface area contributed by atoms with E-state index >= 15 is 0 Å². The summed E-state index contributed by atoms with van der Waals surface area (Å²) in [7, 11) is -4.08. The van der Waals surface area contributed by atoms with Gasteiger partial charge in [-0.3, -0.25) is 19.2 Å². The molecule has 0 aliphatic rings. The lowest BCUT2D eigenvalue weighted by molar-refractivity contribution is -0.200. The predicted octanol–water partition coefficient (Wildman–Crippen LogP) is 8.69. The third-order valence-corrected chi connectivity index (χ3v) is 10.9. The summed E-state index contributed by atoms with van der Waals surface area (Å²) in [5.74, 6) is -0.0887. The molecule has 0 unspecified atom stereocenters. The topological polar surface area (TPSA) is 146 Å². The van der Waals surface area contributed by atoms with Crippen LogP contribution in [0.15, 0.2) is 126 Å². The number of rotatable bonds is 23. The summed E-state index contributed by atoms with van der Waals surface area (Å²) in [6.07, 6.45) is 4.32. The highest BCUT2D eigenvalue weighted by Crippen LogP contribution is 2.49. The van der Waals surface area contributed by atoms with Gasteiger partial charge in [-0.25, -0.2) is 9.63 Å². The number of amides is 3. The van der Waals surface area contributed by atoms with Gasteiger partial charge in [-0.15, -0.1) is 0 Å². The second-order valence-corrected chi connectivity index (χ2v) is 15.0. The van der Waals surface area contributed by atoms with Gasteiger partial charge in [0.05, 0.1) is 30.5 Å². The molecule has 2 N–H and O–H groups in total. The Morgan fingerprint density at radius 3 is 2.04 bits per heavy atom. The smallest absolute Gasteiger partial charge is 0.462 e. The van der Waals surface area contributed by atoms with Crippen molar-refractivity contribution in [1.29, 1.82) is 0 Å². The van der Waals surface area contributed by atoms with Crippen molar-refractivity contribution in [3.8, 4) is 28.6 Å². The maximum absolute atomic E-state index is 14.7. The fourth-order valence-electron chi connectivity index (χ4n) is 6.22. The van der Waals surface area contributed by atoms with E-state index in [9.17, 15) is 18.9 Å². The molecule has 13 heteroatoms. The van der Waals surface area contributed by atoms with E-state index in [4.69, 9.17) is 23.0 Å². The average molecular weight is 796 g/mol. The fourth-order valence-corrected chi connectivity index (χ4v) is 7.85. The van der Waals surface area contributed by atoms with E-state index in [0.29, 0.717) is 54.4 Å². The van der Waals surface area contributed by atoms with Crippen LogP contribution in [0, 0.1) is 5.92 Å². The Labute approximate surface area is 334 Å². The number of nitrogens with zero attached hydrogens (tertiary/aromatic N) is 1. The molecule has 0 fully saturated rings. The van der Waals surface area contributed by atoms with E-state index in [1.54, 1.807) is 72.8 Å². The van der Waals surface area contributed by atoms with Crippen LogP contribution in [0.4, 0.5) is 0 Å². The quantitative estimate of drug-likeness (QED) is 0.0218. The van der Waals surface area contributed by atoms with Crippen molar-refractivity contribution >= 4 is 31.1 Å². The first-order valence-corrected chi connectivity index (χ1v) is 20.8. The number of para-hydroxylation sites is 2. The van der Waals surface area contributed by atoms with E-state index in [1.807, 2.05) is 56.3 Å². The van der Waals surface area contributed by atoms with Crippen molar-refractivity contribution < 1.29 is 42.0 Å². The van der Waals surface area contributed by atoms with Gasteiger partial charge in [0.25, 0.3) is 5.91 Å². The molecule has 5 rings (SSSR count). The van der Waals surface area contributed by atoms with Crippen LogP contribution in [-0.4, -0.2) is 42.6 Å². The molecule has 0 saturated carbocycles. The zero-order valence-corrected chi connectivity index (χ0v) is 33.4. The van der Waals surface area contributed by atoms with Gasteiger partial charge in [-0.2, -0.15) is 0 Å². The van der Waals surface area contributed by atoms with Gasteiger partial charge in [-0.1, -0.05) is 99.8 Å². The monoisotopic (exact) mass is 795 g/mol. The Balaban J connectivity index is 1.30. The van der Waals surface area contributed by atoms with Crippen LogP contribution in [0.2, 0.25) is 0 Å². The normalized spacial score (nSPS) is 12.2. The maximum Gasteiger partial charge on any atom is 0.462 e. The molecule has 0 spiro atoms. The second-order valence-electron chi connectivity index (χ2n) is 13.1. The van der Waals surface area contributed by atoms with Gasteiger partial charge in [0.15, 0.2) is 5.76 Å². The largest absolute Gasteiger partial charge is 0.494 e. The first kappa shape index (κ1) is 42.3. The van der Waals surface area contributed by atoms with Crippen LogP contribution in [0.1, 0.15) is 69.0 Å². The van der Waals surface area contributed by atoms with Gasteiger partial charge >= 0.3 is 7.60 Å². The zero-order chi connectivity index (χ0) is 40.5. The lowest BCUT2D eigenvalue weighted by Crippen LogP contribution is -2.48. The minimum Gasteiger partial charge on any atom is -0.494 e. The van der Waals surface area contributed by atoms with Crippen LogP contribution in [0.25, 0.3) is 11.3 Å². The van der Waals surface area contributed by atoms with Crippen molar-refractivity contribution in [3.05, 3.63) is 133 Å². The number of furan rings is 1. The van der Waals surface area contributed by atoms with E-state index < -0.39 is 25.5 Å². The molecule has 0 aliphatic heterocycles. The predicted molar refractivity (Wildman–Crippen MR) is 218 cm³/mol. The molecule has 4 aromatic carbocycles. The molecule has 1 aromatic heterocycles. The molecule has 3 amide bonds. The van der Waals surface area contributed by atoms with Gasteiger partial charge in [0, 0.05) is 5.56 Å². The Hall–Kier alpha value is -5.84. The Kier molecular flexibility index (Phi) is 15.9. The summed E-state index contributed by atoms with van der Waals surface area (Å²) in [6.45, 7) is 6.14. The number of ether oxygens (including phenoxy) is 1. The van der Waals surface area contributed by atoms with E-state index in [-0.39, 0.29) is 30.2 Å². The number of hydrogen-bond acceptors (Lipinski definition) is 9. The number of carbonyl (C=O) groups excluding carboxylic acids is 3.